The van der Waals surface area contributed by atoms with Crippen molar-refractivity contribution in [3.05, 3.63) is 16.1 Å². The van der Waals surface area contributed by atoms with Crippen LogP contribution in [0.4, 0.5) is 0 Å². The van der Waals surface area contributed by atoms with Crippen molar-refractivity contribution in [1.82, 2.24) is 4.98 Å². The summed E-state index contributed by atoms with van der Waals surface area (Å²) in [5.74, 6) is -0.259. The van der Waals surface area contributed by atoms with Gasteiger partial charge in [0.15, 0.2) is 18.3 Å². The Morgan fingerprint density at radius 3 is 2.67 bits per heavy atom. The van der Waals surface area contributed by atoms with Gasteiger partial charge in [-0.2, -0.15) is 5.26 Å². The van der Waals surface area contributed by atoms with Gasteiger partial charge in [0.1, 0.15) is 5.01 Å². The van der Waals surface area contributed by atoms with Crippen molar-refractivity contribution in [2.45, 2.75) is 62.1 Å². The predicted octanol–water partition coefficient (Wildman–Crippen LogP) is 4.30. The van der Waals surface area contributed by atoms with Gasteiger partial charge in [0.05, 0.1) is 12.5 Å². The summed E-state index contributed by atoms with van der Waals surface area (Å²) in [6.45, 7) is 1.47. The lowest BCUT2D eigenvalue weighted by Gasteiger charge is -2.60. The van der Waals surface area contributed by atoms with Crippen LogP contribution in [0.2, 0.25) is 0 Å². The number of halogens is 1. The molecule has 144 valence electrons. The molecule has 0 aliphatic heterocycles. The number of carbonyl (C=O) groups is 2. The molecule has 5 nitrogen and oxygen atoms in total. The SMILES string of the molecule is Cc1csc(C(C#N)C(=O)COC(=O)CC23CC4CC(CC(Br)(C4)C2)C3)n1. The summed E-state index contributed by atoms with van der Waals surface area (Å²) in [7, 11) is 0. The Labute approximate surface area is 171 Å². The summed E-state index contributed by atoms with van der Waals surface area (Å²) in [5.41, 5.74) is 0.806. The predicted molar refractivity (Wildman–Crippen MR) is 105 cm³/mol. The van der Waals surface area contributed by atoms with Gasteiger partial charge in [-0.3, -0.25) is 9.59 Å². The number of nitrogens with zero attached hydrogens (tertiary/aromatic N) is 2. The van der Waals surface area contributed by atoms with Gasteiger partial charge in [0.2, 0.25) is 0 Å². The topological polar surface area (TPSA) is 80.0 Å². The normalized spacial score (nSPS) is 34.9. The van der Waals surface area contributed by atoms with Gasteiger partial charge in [-0.05, 0) is 62.7 Å². The number of hydrogen-bond donors (Lipinski definition) is 0. The van der Waals surface area contributed by atoms with E-state index in [1.165, 1.54) is 30.6 Å². The molecule has 1 aromatic rings. The van der Waals surface area contributed by atoms with Crippen LogP contribution in [0.15, 0.2) is 5.38 Å². The molecular formula is C20H23BrN2O3S. The lowest BCUT2D eigenvalue weighted by molar-refractivity contribution is -0.154. The third-order valence-corrected chi connectivity index (χ3v) is 8.30. The van der Waals surface area contributed by atoms with E-state index >= 15 is 0 Å². The number of thiazole rings is 1. The maximum Gasteiger partial charge on any atom is 0.306 e. The highest BCUT2D eigenvalue weighted by Gasteiger charge is 2.57. The van der Waals surface area contributed by atoms with Crippen LogP contribution < -0.4 is 0 Å². The molecule has 0 amide bonds. The third kappa shape index (κ3) is 3.84. The zero-order chi connectivity index (χ0) is 19.2. The van der Waals surface area contributed by atoms with Gasteiger partial charge in [-0.15, -0.1) is 11.3 Å². The molecule has 0 aromatic carbocycles. The van der Waals surface area contributed by atoms with E-state index in [0.29, 0.717) is 23.3 Å². The Hall–Kier alpha value is -1.26. The molecule has 4 saturated carbocycles. The lowest BCUT2D eigenvalue weighted by atomic mass is 9.49. The molecule has 5 rings (SSSR count). The van der Waals surface area contributed by atoms with E-state index in [2.05, 4.69) is 20.9 Å². The second-order valence-electron chi connectivity index (χ2n) is 8.80. The largest absolute Gasteiger partial charge is 0.458 e. The van der Waals surface area contributed by atoms with Crippen LogP contribution in [0.25, 0.3) is 0 Å². The maximum atomic E-state index is 12.5. The van der Waals surface area contributed by atoms with E-state index < -0.39 is 11.7 Å². The van der Waals surface area contributed by atoms with Crippen molar-refractivity contribution in [3.63, 3.8) is 0 Å². The van der Waals surface area contributed by atoms with Crippen LogP contribution in [0.5, 0.6) is 0 Å². The van der Waals surface area contributed by atoms with Crippen LogP contribution in [0.3, 0.4) is 0 Å². The van der Waals surface area contributed by atoms with Crippen LogP contribution >= 0.6 is 27.3 Å². The highest BCUT2D eigenvalue weighted by atomic mass is 79.9. The Kier molecular flexibility index (Phi) is 4.92. The van der Waals surface area contributed by atoms with Gasteiger partial charge in [-0.1, -0.05) is 15.9 Å². The lowest BCUT2D eigenvalue weighted by Crippen LogP contribution is -2.53. The molecule has 4 fully saturated rings. The zero-order valence-corrected chi connectivity index (χ0v) is 17.8. The number of alkyl halides is 1. The fourth-order valence-corrected chi connectivity index (χ4v) is 8.28. The number of aromatic nitrogens is 1. The first kappa shape index (κ1) is 19.1. The molecule has 3 atom stereocenters. The van der Waals surface area contributed by atoms with Crippen molar-refractivity contribution < 1.29 is 14.3 Å². The van der Waals surface area contributed by atoms with Crippen LogP contribution in [0.1, 0.15) is 61.6 Å². The molecule has 4 bridgehead atoms. The zero-order valence-electron chi connectivity index (χ0n) is 15.4. The standard InChI is InChI=1S/C20H23BrN2O3S/c1-12-10-27-18(23-12)15(8-22)16(24)9-26-17(25)7-19-3-13-2-14(4-19)6-20(21,5-13)11-19/h10,13-15H,2-7,9,11H2,1H3. The molecule has 1 aromatic heterocycles. The number of rotatable bonds is 6. The molecule has 3 unspecified atom stereocenters. The minimum absolute atomic E-state index is 0.0226. The molecule has 4 aliphatic rings. The number of hydrogen-bond acceptors (Lipinski definition) is 6. The summed E-state index contributed by atoms with van der Waals surface area (Å²) >= 11 is 5.24. The van der Waals surface area contributed by atoms with Gasteiger partial charge in [0.25, 0.3) is 0 Å². The fourth-order valence-electron chi connectivity index (χ4n) is 5.90. The third-order valence-electron chi connectivity index (χ3n) is 6.34. The first-order valence-electron chi connectivity index (χ1n) is 9.49. The second kappa shape index (κ2) is 6.97. The molecule has 0 N–H and O–H groups in total. The van der Waals surface area contributed by atoms with E-state index in [4.69, 9.17) is 4.74 Å². The molecule has 4 aliphatic carbocycles. The molecule has 7 heteroatoms. The summed E-state index contributed by atoms with van der Waals surface area (Å²) in [6.07, 6.45) is 7.33. The Balaban J connectivity index is 1.35. The number of ether oxygens (including phenoxy) is 1. The number of ketones is 1. The van der Waals surface area contributed by atoms with E-state index in [1.807, 2.05) is 18.4 Å². The van der Waals surface area contributed by atoms with E-state index in [-0.39, 0.29) is 22.3 Å². The molecular weight excluding hydrogens is 428 g/mol. The average Bonchev–Trinajstić information content (AvgIpc) is 2.97. The van der Waals surface area contributed by atoms with E-state index in [9.17, 15) is 14.9 Å². The van der Waals surface area contributed by atoms with Gasteiger partial charge in [0, 0.05) is 15.4 Å². The van der Waals surface area contributed by atoms with Crippen molar-refractivity contribution in [2.75, 3.05) is 6.61 Å². The number of Topliss-reactive ketones (excluding diaryl/α,β-unsaturated/α-hetero) is 1. The van der Waals surface area contributed by atoms with E-state index in [0.717, 1.165) is 25.0 Å². The van der Waals surface area contributed by atoms with Gasteiger partial charge in [-0.25, -0.2) is 4.98 Å². The number of esters is 1. The fraction of sp³-hybridized carbons (Fsp3) is 0.700. The quantitative estimate of drug-likeness (QED) is 0.476. The number of nitriles is 1. The summed E-state index contributed by atoms with van der Waals surface area (Å²) in [6, 6.07) is 1.99. The Morgan fingerprint density at radius 2 is 2.11 bits per heavy atom. The summed E-state index contributed by atoms with van der Waals surface area (Å²) in [5, 5.41) is 11.6. The first-order chi connectivity index (χ1) is 12.8. The van der Waals surface area contributed by atoms with Crippen molar-refractivity contribution in [2.24, 2.45) is 17.3 Å². The molecule has 1 heterocycles. The monoisotopic (exact) mass is 450 g/mol. The number of aryl methyl sites for hydroxylation is 1. The Bertz CT molecular complexity index is 800. The first-order valence-corrected chi connectivity index (χ1v) is 11.2. The highest BCUT2D eigenvalue weighted by Crippen LogP contribution is 2.65. The van der Waals surface area contributed by atoms with Gasteiger partial charge < -0.3 is 4.74 Å². The minimum Gasteiger partial charge on any atom is -0.458 e. The number of carbonyl (C=O) groups excluding carboxylic acids is 2. The van der Waals surface area contributed by atoms with Gasteiger partial charge >= 0.3 is 5.97 Å². The second-order valence-corrected chi connectivity index (χ2v) is 11.4. The van der Waals surface area contributed by atoms with Crippen LogP contribution in [0, 0.1) is 35.5 Å². The highest BCUT2D eigenvalue weighted by molar-refractivity contribution is 9.10. The van der Waals surface area contributed by atoms with Crippen LogP contribution in [-0.4, -0.2) is 27.7 Å². The maximum absolute atomic E-state index is 12.5. The Morgan fingerprint density at radius 1 is 1.41 bits per heavy atom. The van der Waals surface area contributed by atoms with Crippen molar-refractivity contribution in [3.8, 4) is 6.07 Å². The van der Waals surface area contributed by atoms with Crippen LogP contribution in [-0.2, 0) is 14.3 Å². The minimum atomic E-state index is -0.957. The van der Waals surface area contributed by atoms with E-state index in [1.54, 1.807) is 0 Å². The molecule has 27 heavy (non-hydrogen) atoms. The average molecular weight is 451 g/mol. The summed E-state index contributed by atoms with van der Waals surface area (Å²) in [4.78, 5) is 29.1. The molecule has 0 radical (unpaired) electrons. The van der Waals surface area contributed by atoms with Crippen molar-refractivity contribution in [1.29, 1.82) is 5.26 Å². The smallest absolute Gasteiger partial charge is 0.306 e. The molecule has 0 saturated heterocycles. The molecule has 0 spiro atoms. The summed E-state index contributed by atoms with van der Waals surface area (Å²) < 4.78 is 5.51. The van der Waals surface area contributed by atoms with Crippen molar-refractivity contribution >= 4 is 39.0 Å².